The lowest BCUT2D eigenvalue weighted by atomic mass is 10.2. The van der Waals surface area contributed by atoms with Crippen molar-refractivity contribution in [1.29, 1.82) is 0 Å². The van der Waals surface area contributed by atoms with Gasteiger partial charge in [-0.25, -0.2) is 0 Å². The Morgan fingerprint density at radius 2 is 2.28 bits per heavy atom. The third-order valence-corrected chi connectivity index (χ3v) is 2.44. The molecular formula is C11H13N5O2. The van der Waals surface area contributed by atoms with E-state index in [1.165, 1.54) is 10.9 Å². The molecule has 0 saturated carbocycles. The van der Waals surface area contributed by atoms with Crippen molar-refractivity contribution in [2.75, 3.05) is 5.32 Å². The zero-order valence-electron chi connectivity index (χ0n) is 10.1. The summed E-state index contributed by atoms with van der Waals surface area (Å²) in [5.41, 5.74) is 1.85. The average molecular weight is 247 g/mol. The first-order valence-corrected chi connectivity index (χ1v) is 5.39. The Bertz CT molecular complexity index is 561. The summed E-state index contributed by atoms with van der Waals surface area (Å²) in [5.74, 6) is 0.267. The molecule has 0 amide bonds. The van der Waals surface area contributed by atoms with Gasteiger partial charge in [-0.1, -0.05) is 6.07 Å². The van der Waals surface area contributed by atoms with Gasteiger partial charge in [-0.3, -0.25) is 19.8 Å². The van der Waals surface area contributed by atoms with Gasteiger partial charge < -0.3 is 5.32 Å². The quantitative estimate of drug-likeness (QED) is 0.655. The minimum Gasteiger partial charge on any atom is -0.359 e. The number of rotatable bonds is 4. The number of nitrogens with zero attached hydrogens (tertiary/aromatic N) is 4. The van der Waals surface area contributed by atoms with Crippen molar-refractivity contribution in [2.24, 2.45) is 7.05 Å². The number of nitrogens with one attached hydrogen (secondary N) is 1. The molecule has 0 bridgehead atoms. The van der Waals surface area contributed by atoms with Gasteiger partial charge in [0.05, 0.1) is 4.92 Å². The minimum absolute atomic E-state index is 0.0300. The SMILES string of the molecule is Cc1ccc(CNc2nn(C)cc2[N+](=O)[O-])cn1. The van der Waals surface area contributed by atoms with E-state index in [-0.39, 0.29) is 11.5 Å². The summed E-state index contributed by atoms with van der Waals surface area (Å²) in [6.07, 6.45) is 3.10. The van der Waals surface area contributed by atoms with Gasteiger partial charge in [-0.2, -0.15) is 0 Å². The summed E-state index contributed by atoms with van der Waals surface area (Å²) in [5, 5.41) is 17.7. The average Bonchev–Trinajstić information content (AvgIpc) is 2.70. The molecule has 2 aromatic rings. The van der Waals surface area contributed by atoms with Crippen LogP contribution in [-0.2, 0) is 13.6 Å². The monoisotopic (exact) mass is 247 g/mol. The second kappa shape index (κ2) is 4.82. The molecule has 0 aliphatic heterocycles. The maximum Gasteiger partial charge on any atom is 0.330 e. The predicted octanol–water partition coefficient (Wildman–Crippen LogP) is 1.64. The minimum atomic E-state index is -0.456. The Morgan fingerprint density at radius 1 is 1.50 bits per heavy atom. The summed E-state index contributed by atoms with van der Waals surface area (Å²) in [7, 11) is 1.64. The number of hydrogen-bond donors (Lipinski definition) is 1. The molecule has 0 unspecified atom stereocenters. The molecule has 7 heteroatoms. The smallest absolute Gasteiger partial charge is 0.330 e. The van der Waals surface area contributed by atoms with Crippen molar-refractivity contribution in [3.8, 4) is 0 Å². The Hall–Kier alpha value is -2.44. The van der Waals surface area contributed by atoms with E-state index < -0.39 is 4.92 Å². The fraction of sp³-hybridized carbons (Fsp3) is 0.273. The summed E-state index contributed by atoms with van der Waals surface area (Å²) >= 11 is 0. The van der Waals surface area contributed by atoms with Gasteiger partial charge in [0.15, 0.2) is 0 Å². The van der Waals surface area contributed by atoms with E-state index in [9.17, 15) is 10.1 Å². The van der Waals surface area contributed by atoms with Crippen LogP contribution in [0.25, 0.3) is 0 Å². The highest BCUT2D eigenvalue weighted by molar-refractivity contribution is 5.54. The summed E-state index contributed by atoms with van der Waals surface area (Å²) in [4.78, 5) is 14.5. The maximum atomic E-state index is 10.8. The Labute approximate surface area is 104 Å². The molecular weight excluding hydrogens is 234 g/mol. The largest absolute Gasteiger partial charge is 0.359 e. The first-order valence-electron chi connectivity index (χ1n) is 5.39. The van der Waals surface area contributed by atoms with Crippen LogP contribution in [0, 0.1) is 17.0 Å². The fourth-order valence-electron chi connectivity index (χ4n) is 1.52. The molecule has 0 saturated heterocycles. The lowest BCUT2D eigenvalue weighted by molar-refractivity contribution is -0.384. The lowest BCUT2D eigenvalue weighted by Gasteiger charge is -2.02. The molecule has 0 fully saturated rings. The van der Waals surface area contributed by atoms with E-state index in [1.54, 1.807) is 13.2 Å². The van der Waals surface area contributed by atoms with Crippen molar-refractivity contribution in [3.63, 3.8) is 0 Å². The Balaban J connectivity index is 2.10. The summed E-state index contributed by atoms with van der Waals surface area (Å²) in [6.45, 7) is 2.35. The standard InChI is InChI=1S/C11H13N5O2/c1-8-3-4-9(5-12-8)6-13-11-10(16(17)18)7-15(2)14-11/h3-5,7H,6H2,1-2H3,(H,13,14). The van der Waals surface area contributed by atoms with E-state index in [4.69, 9.17) is 0 Å². The molecule has 2 rings (SSSR count). The third-order valence-electron chi connectivity index (χ3n) is 2.44. The first kappa shape index (κ1) is 12.0. The van der Waals surface area contributed by atoms with Crippen LogP contribution >= 0.6 is 0 Å². The maximum absolute atomic E-state index is 10.8. The van der Waals surface area contributed by atoms with E-state index in [1.807, 2.05) is 19.1 Å². The Morgan fingerprint density at radius 3 is 2.89 bits per heavy atom. The van der Waals surface area contributed by atoms with Gasteiger partial charge in [0, 0.05) is 25.5 Å². The molecule has 0 atom stereocenters. The first-order chi connectivity index (χ1) is 8.56. The van der Waals surface area contributed by atoms with Gasteiger partial charge in [0.25, 0.3) is 0 Å². The van der Waals surface area contributed by atoms with Crippen LogP contribution in [0.5, 0.6) is 0 Å². The number of pyridine rings is 1. The number of aryl methyl sites for hydroxylation is 2. The van der Waals surface area contributed by atoms with Gasteiger partial charge in [0.1, 0.15) is 6.20 Å². The van der Waals surface area contributed by atoms with Gasteiger partial charge in [0.2, 0.25) is 5.82 Å². The molecule has 1 N–H and O–H groups in total. The van der Waals surface area contributed by atoms with Crippen LogP contribution in [0.3, 0.4) is 0 Å². The van der Waals surface area contributed by atoms with Crippen molar-refractivity contribution in [1.82, 2.24) is 14.8 Å². The number of anilines is 1. The molecule has 2 heterocycles. The molecule has 2 aromatic heterocycles. The van der Waals surface area contributed by atoms with Crippen LogP contribution in [0.1, 0.15) is 11.3 Å². The third kappa shape index (κ3) is 2.62. The zero-order valence-corrected chi connectivity index (χ0v) is 10.1. The number of hydrogen-bond acceptors (Lipinski definition) is 5. The topological polar surface area (TPSA) is 85.9 Å². The number of aromatic nitrogens is 3. The second-order valence-electron chi connectivity index (χ2n) is 3.96. The highest BCUT2D eigenvalue weighted by Crippen LogP contribution is 2.21. The van der Waals surface area contributed by atoms with Crippen LogP contribution in [0.2, 0.25) is 0 Å². The van der Waals surface area contributed by atoms with Crippen molar-refractivity contribution in [2.45, 2.75) is 13.5 Å². The van der Waals surface area contributed by atoms with E-state index in [0.717, 1.165) is 11.3 Å². The van der Waals surface area contributed by atoms with Crippen molar-refractivity contribution < 1.29 is 4.92 Å². The molecule has 0 radical (unpaired) electrons. The molecule has 94 valence electrons. The normalized spacial score (nSPS) is 10.3. The summed E-state index contributed by atoms with van der Waals surface area (Å²) in [6, 6.07) is 3.81. The van der Waals surface area contributed by atoms with Crippen molar-refractivity contribution in [3.05, 3.63) is 45.9 Å². The second-order valence-corrected chi connectivity index (χ2v) is 3.96. The van der Waals surface area contributed by atoms with Crippen LogP contribution in [-0.4, -0.2) is 19.7 Å². The number of nitro groups is 1. The van der Waals surface area contributed by atoms with Crippen LogP contribution < -0.4 is 5.32 Å². The van der Waals surface area contributed by atoms with Gasteiger partial charge >= 0.3 is 5.69 Å². The molecule has 0 spiro atoms. The molecule has 7 nitrogen and oxygen atoms in total. The fourth-order valence-corrected chi connectivity index (χ4v) is 1.52. The molecule has 0 aromatic carbocycles. The van der Waals surface area contributed by atoms with Crippen LogP contribution in [0.4, 0.5) is 11.5 Å². The molecule has 0 aliphatic rings. The summed E-state index contributed by atoms with van der Waals surface area (Å²) < 4.78 is 1.41. The lowest BCUT2D eigenvalue weighted by Crippen LogP contribution is -2.03. The Kier molecular flexibility index (Phi) is 3.22. The van der Waals surface area contributed by atoms with Gasteiger partial charge in [-0.15, -0.1) is 5.10 Å². The highest BCUT2D eigenvalue weighted by atomic mass is 16.6. The predicted molar refractivity (Wildman–Crippen MR) is 66.2 cm³/mol. The van der Waals surface area contributed by atoms with E-state index >= 15 is 0 Å². The zero-order chi connectivity index (χ0) is 13.1. The highest BCUT2D eigenvalue weighted by Gasteiger charge is 2.17. The van der Waals surface area contributed by atoms with Crippen molar-refractivity contribution >= 4 is 11.5 Å². The van der Waals surface area contributed by atoms with Gasteiger partial charge in [-0.05, 0) is 18.6 Å². The van der Waals surface area contributed by atoms with Crippen LogP contribution in [0.15, 0.2) is 24.5 Å². The molecule has 18 heavy (non-hydrogen) atoms. The van der Waals surface area contributed by atoms with E-state index in [2.05, 4.69) is 15.4 Å². The van der Waals surface area contributed by atoms with E-state index in [0.29, 0.717) is 6.54 Å². The molecule has 0 aliphatic carbocycles.